The van der Waals surface area contributed by atoms with E-state index in [9.17, 15) is 0 Å². The molecule has 2 bridgehead atoms. The van der Waals surface area contributed by atoms with Crippen LogP contribution in [0, 0.1) is 5.92 Å². The summed E-state index contributed by atoms with van der Waals surface area (Å²) < 4.78 is 20.2. The fourth-order valence-electron chi connectivity index (χ4n) is 6.57. The predicted octanol–water partition coefficient (Wildman–Crippen LogP) is 5.54. The topological polar surface area (TPSA) is 30.9 Å². The first-order chi connectivity index (χ1) is 16.2. The van der Waals surface area contributed by atoms with Gasteiger partial charge in [0.05, 0.1) is 12.5 Å². The molecule has 33 heavy (non-hydrogen) atoms. The Balaban J connectivity index is 1.35. The van der Waals surface area contributed by atoms with Crippen LogP contribution in [0.1, 0.15) is 36.0 Å². The van der Waals surface area contributed by atoms with Crippen molar-refractivity contribution < 1.29 is 14.2 Å². The number of piperidine rings is 1. The van der Waals surface area contributed by atoms with E-state index in [0.717, 1.165) is 52.6 Å². The molecule has 0 radical (unpaired) electrons. The van der Waals surface area contributed by atoms with E-state index < -0.39 is 0 Å². The van der Waals surface area contributed by atoms with Crippen molar-refractivity contribution in [3.05, 3.63) is 81.0 Å². The van der Waals surface area contributed by atoms with Crippen LogP contribution < -0.4 is 9.47 Å². The van der Waals surface area contributed by atoms with Crippen molar-refractivity contribution in [2.75, 3.05) is 20.2 Å². The number of allylic oxidation sites excluding steroid dienone is 2. The van der Waals surface area contributed by atoms with Crippen LogP contribution in [0.15, 0.2) is 64.4 Å². The molecular weight excluding hydrogens is 478 g/mol. The van der Waals surface area contributed by atoms with E-state index in [-0.39, 0.29) is 11.5 Å². The number of rotatable bonds is 6. The molecule has 2 fully saturated rings. The minimum Gasteiger partial charge on any atom is -0.497 e. The summed E-state index contributed by atoms with van der Waals surface area (Å²) in [6, 6.07) is 12.9. The van der Waals surface area contributed by atoms with Gasteiger partial charge in [-0.1, -0.05) is 52.3 Å². The van der Waals surface area contributed by atoms with Crippen LogP contribution >= 0.6 is 15.9 Å². The molecule has 2 aromatic carbocycles. The van der Waals surface area contributed by atoms with Gasteiger partial charge in [0, 0.05) is 29.2 Å². The second kappa shape index (κ2) is 7.38. The predicted molar refractivity (Wildman–Crippen MR) is 131 cm³/mol. The van der Waals surface area contributed by atoms with Gasteiger partial charge in [0.25, 0.3) is 0 Å². The highest BCUT2D eigenvalue weighted by atomic mass is 79.9. The molecule has 170 valence electrons. The van der Waals surface area contributed by atoms with Crippen LogP contribution in [0.25, 0.3) is 0 Å². The molecule has 5 aliphatic rings. The number of benzene rings is 2. The van der Waals surface area contributed by atoms with Crippen LogP contribution in [0.3, 0.4) is 0 Å². The molecular formula is C28H28BrNO3. The van der Waals surface area contributed by atoms with Gasteiger partial charge in [-0.3, -0.25) is 4.90 Å². The maximum atomic E-state index is 6.79. The largest absolute Gasteiger partial charge is 0.497 e. The third-order valence-electron chi connectivity index (χ3n) is 8.28. The van der Waals surface area contributed by atoms with E-state index >= 15 is 0 Å². The monoisotopic (exact) mass is 505 g/mol. The van der Waals surface area contributed by atoms with Crippen LogP contribution in [0.5, 0.6) is 11.5 Å². The Morgan fingerprint density at radius 1 is 1.18 bits per heavy atom. The third kappa shape index (κ3) is 2.91. The van der Waals surface area contributed by atoms with Gasteiger partial charge in [-0.2, -0.15) is 0 Å². The van der Waals surface area contributed by atoms with Crippen molar-refractivity contribution in [2.24, 2.45) is 5.92 Å². The SMILES string of the molecule is COC1=CC=C2[C@@H]3Cc4c(Br)cc(OCc5ccccc5)c5c4[C@]2(CCN3CC2CC2)[C@@H]1O5. The summed E-state index contributed by atoms with van der Waals surface area (Å²) in [4.78, 5) is 2.74. The maximum absolute atomic E-state index is 6.79. The summed E-state index contributed by atoms with van der Waals surface area (Å²) in [5, 5.41) is 0. The Morgan fingerprint density at radius 2 is 2.03 bits per heavy atom. The van der Waals surface area contributed by atoms with E-state index in [1.807, 2.05) is 18.2 Å². The Morgan fingerprint density at radius 3 is 2.82 bits per heavy atom. The van der Waals surface area contributed by atoms with E-state index in [1.54, 1.807) is 7.11 Å². The smallest absolute Gasteiger partial charge is 0.169 e. The average molecular weight is 506 g/mol. The lowest BCUT2D eigenvalue weighted by Crippen LogP contribution is -2.59. The van der Waals surface area contributed by atoms with E-state index in [0.29, 0.717) is 12.6 Å². The molecule has 1 spiro atoms. The van der Waals surface area contributed by atoms with Crippen molar-refractivity contribution in [3.8, 4) is 11.5 Å². The molecule has 3 aliphatic carbocycles. The van der Waals surface area contributed by atoms with Crippen LogP contribution in [-0.4, -0.2) is 37.2 Å². The molecule has 5 heteroatoms. The Hall–Kier alpha value is -2.24. The first-order valence-corrected chi connectivity index (χ1v) is 12.9. The van der Waals surface area contributed by atoms with Gasteiger partial charge in [0.1, 0.15) is 12.4 Å². The lowest BCUT2D eigenvalue weighted by atomic mass is 9.57. The van der Waals surface area contributed by atoms with Crippen LogP contribution in [0.2, 0.25) is 0 Å². The number of ether oxygens (including phenoxy) is 3. The lowest BCUT2D eigenvalue weighted by Gasteiger charge is -2.53. The average Bonchev–Trinajstić information content (AvgIpc) is 3.59. The van der Waals surface area contributed by atoms with Crippen molar-refractivity contribution in [1.82, 2.24) is 4.90 Å². The molecule has 2 aliphatic heterocycles. The summed E-state index contributed by atoms with van der Waals surface area (Å²) >= 11 is 3.93. The Bertz CT molecular complexity index is 1190. The van der Waals surface area contributed by atoms with Crippen molar-refractivity contribution in [1.29, 1.82) is 0 Å². The third-order valence-corrected chi connectivity index (χ3v) is 8.99. The molecule has 2 aromatic rings. The number of methoxy groups -OCH3 is 1. The molecule has 0 N–H and O–H groups in total. The Labute approximate surface area is 203 Å². The first kappa shape index (κ1) is 20.2. The van der Waals surface area contributed by atoms with Crippen molar-refractivity contribution >= 4 is 15.9 Å². The minimum atomic E-state index is -0.150. The molecule has 2 heterocycles. The fraction of sp³-hybridized carbons (Fsp3) is 0.429. The highest BCUT2D eigenvalue weighted by Crippen LogP contribution is 2.64. The second-order valence-electron chi connectivity index (χ2n) is 10.1. The van der Waals surface area contributed by atoms with Crippen LogP contribution in [0.4, 0.5) is 0 Å². The summed E-state index contributed by atoms with van der Waals surface area (Å²) in [6.07, 6.45) is 9.22. The van der Waals surface area contributed by atoms with E-state index in [1.165, 1.54) is 36.1 Å². The Kier molecular flexibility index (Phi) is 4.51. The van der Waals surface area contributed by atoms with E-state index in [2.05, 4.69) is 51.2 Å². The van der Waals surface area contributed by atoms with Crippen molar-refractivity contribution in [3.63, 3.8) is 0 Å². The van der Waals surface area contributed by atoms with Gasteiger partial charge in [-0.25, -0.2) is 0 Å². The first-order valence-electron chi connectivity index (χ1n) is 12.1. The summed E-state index contributed by atoms with van der Waals surface area (Å²) in [6.45, 7) is 2.86. The highest BCUT2D eigenvalue weighted by Gasteiger charge is 2.63. The zero-order chi connectivity index (χ0) is 22.2. The molecule has 7 rings (SSSR count). The quantitative estimate of drug-likeness (QED) is 0.515. The molecule has 4 nitrogen and oxygen atoms in total. The molecule has 3 atom stereocenters. The van der Waals surface area contributed by atoms with E-state index in [4.69, 9.17) is 14.2 Å². The standard InChI is InChI=1S/C28H28BrNO3/c1-31-23-10-9-20-22-13-19-21(29)14-24(32-16-18-5-3-2-4-6-18)26-25(19)28(20,27(23)33-26)11-12-30(22)15-17-7-8-17/h2-6,9-10,14,17,22,27H,7-8,11-13,15-16H2,1H3/t22-,27+,28+/m0/s1. The maximum Gasteiger partial charge on any atom is 0.169 e. The molecule has 1 saturated heterocycles. The number of nitrogens with zero attached hydrogens (tertiary/aromatic N) is 1. The fourth-order valence-corrected chi connectivity index (χ4v) is 7.14. The highest BCUT2D eigenvalue weighted by molar-refractivity contribution is 9.10. The summed E-state index contributed by atoms with van der Waals surface area (Å²) in [5.74, 6) is 3.54. The lowest BCUT2D eigenvalue weighted by molar-refractivity contribution is 0.0621. The number of hydrogen-bond acceptors (Lipinski definition) is 4. The normalized spacial score (nSPS) is 29.0. The van der Waals surface area contributed by atoms with Gasteiger partial charge < -0.3 is 14.2 Å². The number of hydrogen-bond donors (Lipinski definition) is 0. The number of halogens is 1. The van der Waals surface area contributed by atoms with Crippen molar-refractivity contribution in [2.45, 2.75) is 49.9 Å². The second-order valence-corrected chi connectivity index (χ2v) is 10.9. The van der Waals surface area contributed by atoms with Crippen LogP contribution in [-0.2, 0) is 23.2 Å². The summed E-state index contributed by atoms with van der Waals surface area (Å²) in [5.41, 5.74) is 5.24. The molecule has 0 aromatic heterocycles. The number of likely N-dealkylation sites (tertiary alicyclic amines) is 1. The van der Waals surface area contributed by atoms with Gasteiger partial charge in [-0.15, -0.1) is 0 Å². The van der Waals surface area contributed by atoms with Gasteiger partial charge in [0.15, 0.2) is 17.6 Å². The molecule has 0 unspecified atom stereocenters. The zero-order valence-corrected chi connectivity index (χ0v) is 20.4. The van der Waals surface area contributed by atoms with Gasteiger partial charge >= 0.3 is 0 Å². The molecule has 0 amide bonds. The van der Waals surface area contributed by atoms with Gasteiger partial charge in [-0.05, 0) is 60.4 Å². The minimum absolute atomic E-state index is 0.115. The molecule has 1 saturated carbocycles. The zero-order valence-electron chi connectivity index (χ0n) is 18.9. The van der Waals surface area contributed by atoms with Gasteiger partial charge in [0.2, 0.25) is 0 Å². The summed E-state index contributed by atoms with van der Waals surface area (Å²) in [7, 11) is 1.76.